The van der Waals surface area contributed by atoms with Crippen LogP contribution in [0.25, 0.3) is 0 Å². The Hall–Kier alpha value is -1.63. The monoisotopic (exact) mass is 409 g/mol. The number of nitrogens with zero attached hydrogens (tertiary/aromatic N) is 1. The maximum absolute atomic E-state index is 12.7. The first kappa shape index (κ1) is 22.7. The van der Waals surface area contributed by atoms with Gasteiger partial charge in [0, 0.05) is 44.1 Å². The van der Waals surface area contributed by atoms with Crippen molar-refractivity contribution in [2.24, 2.45) is 11.1 Å². The van der Waals surface area contributed by atoms with Gasteiger partial charge < -0.3 is 20.7 Å². The van der Waals surface area contributed by atoms with Crippen molar-refractivity contribution < 1.29 is 14.3 Å². The molecule has 1 aromatic carbocycles. The van der Waals surface area contributed by atoms with Crippen molar-refractivity contribution in [1.82, 2.24) is 4.90 Å². The van der Waals surface area contributed by atoms with E-state index < -0.39 is 5.41 Å². The normalized spacial score (nSPS) is 19.4. The summed E-state index contributed by atoms with van der Waals surface area (Å²) >= 11 is 0. The molecule has 2 fully saturated rings. The van der Waals surface area contributed by atoms with E-state index in [1.54, 1.807) is 24.3 Å². The number of halogens is 1. The first-order chi connectivity index (χ1) is 13.1. The summed E-state index contributed by atoms with van der Waals surface area (Å²) in [7, 11) is 1.89. The zero-order valence-electron chi connectivity index (χ0n) is 16.6. The van der Waals surface area contributed by atoms with Crippen molar-refractivity contribution in [3.63, 3.8) is 0 Å². The van der Waals surface area contributed by atoms with Crippen LogP contribution < -0.4 is 11.1 Å². The number of carbonyl (C=O) groups excluding carboxylic acids is 2. The fraction of sp³-hybridized carbons (Fsp3) is 0.619. The van der Waals surface area contributed by atoms with Crippen LogP contribution in [-0.4, -0.2) is 49.6 Å². The second kappa shape index (κ2) is 10.2. The number of ether oxygens (including phenoxy) is 1. The SMILES string of the molecule is CN(C(=O)c1ccc(NC(=O)C2(CN)CCOCC2)cc1)C1CCCCC1.Cl. The van der Waals surface area contributed by atoms with E-state index in [-0.39, 0.29) is 24.2 Å². The number of hydrogen-bond acceptors (Lipinski definition) is 4. The molecule has 0 aromatic heterocycles. The minimum absolute atomic E-state index is 0. The Balaban J connectivity index is 0.00000280. The number of carbonyl (C=O) groups is 2. The third-order valence-corrected chi connectivity index (χ3v) is 6.15. The first-order valence-corrected chi connectivity index (χ1v) is 10.0. The largest absolute Gasteiger partial charge is 0.381 e. The molecule has 6 nitrogen and oxygen atoms in total. The Bertz CT molecular complexity index is 653. The Kier molecular flexibility index (Phi) is 8.28. The van der Waals surface area contributed by atoms with E-state index in [0.29, 0.717) is 49.9 Å². The molecule has 2 amide bonds. The lowest BCUT2D eigenvalue weighted by atomic mass is 9.79. The second-order valence-corrected chi connectivity index (χ2v) is 7.84. The number of nitrogens with one attached hydrogen (secondary N) is 1. The Labute approximate surface area is 173 Å². The summed E-state index contributed by atoms with van der Waals surface area (Å²) in [5.74, 6) is -0.0191. The number of hydrogen-bond donors (Lipinski definition) is 2. The summed E-state index contributed by atoms with van der Waals surface area (Å²) in [5, 5.41) is 2.96. The van der Waals surface area contributed by atoms with Gasteiger partial charge in [-0.3, -0.25) is 9.59 Å². The molecule has 1 saturated carbocycles. The van der Waals surface area contributed by atoms with Gasteiger partial charge in [-0.15, -0.1) is 12.4 Å². The van der Waals surface area contributed by atoms with Gasteiger partial charge in [-0.1, -0.05) is 19.3 Å². The van der Waals surface area contributed by atoms with Crippen molar-refractivity contribution in [2.45, 2.75) is 51.0 Å². The molecule has 28 heavy (non-hydrogen) atoms. The standard InChI is InChI=1S/C21H31N3O3.ClH/c1-24(18-5-3-2-4-6-18)19(25)16-7-9-17(10-8-16)23-20(26)21(15-22)11-13-27-14-12-21;/h7-10,18H,2-6,11-15,22H2,1H3,(H,23,26);1H. The van der Waals surface area contributed by atoms with Gasteiger partial charge in [0.15, 0.2) is 0 Å². The summed E-state index contributed by atoms with van der Waals surface area (Å²) < 4.78 is 5.36. The molecule has 1 aliphatic carbocycles. The van der Waals surface area contributed by atoms with Gasteiger partial charge >= 0.3 is 0 Å². The Morgan fingerprint density at radius 2 is 1.75 bits per heavy atom. The van der Waals surface area contributed by atoms with Gasteiger partial charge in [0.25, 0.3) is 5.91 Å². The molecule has 0 spiro atoms. The number of benzene rings is 1. The average Bonchev–Trinajstić information content (AvgIpc) is 2.74. The van der Waals surface area contributed by atoms with E-state index in [9.17, 15) is 9.59 Å². The molecule has 1 aliphatic heterocycles. The number of rotatable bonds is 5. The first-order valence-electron chi connectivity index (χ1n) is 10.0. The lowest BCUT2D eigenvalue weighted by Crippen LogP contribution is -2.46. The molecule has 3 rings (SSSR count). The van der Waals surface area contributed by atoms with Crippen LogP contribution in [0.1, 0.15) is 55.3 Å². The van der Waals surface area contributed by atoms with E-state index in [4.69, 9.17) is 10.5 Å². The second-order valence-electron chi connectivity index (χ2n) is 7.84. The zero-order chi connectivity index (χ0) is 19.3. The topological polar surface area (TPSA) is 84.7 Å². The van der Waals surface area contributed by atoms with Crippen molar-refractivity contribution in [2.75, 3.05) is 32.1 Å². The van der Waals surface area contributed by atoms with Crippen LogP contribution in [0.15, 0.2) is 24.3 Å². The van der Waals surface area contributed by atoms with E-state index in [1.807, 2.05) is 11.9 Å². The average molecular weight is 410 g/mol. The quantitative estimate of drug-likeness (QED) is 0.781. The minimum Gasteiger partial charge on any atom is -0.381 e. The van der Waals surface area contributed by atoms with Gasteiger partial charge in [0.2, 0.25) is 5.91 Å². The van der Waals surface area contributed by atoms with Crippen LogP contribution in [0.4, 0.5) is 5.69 Å². The van der Waals surface area contributed by atoms with Crippen LogP contribution in [0.3, 0.4) is 0 Å². The number of nitrogens with two attached hydrogens (primary N) is 1. The third kappa shape index (κ3) is 5.04. The molecule has 3 N–H and O–H groups in total. The summed E-state index contributed by atoms with van der Waals surface area (Å²) in [6, 6.07) is 7.50. The highest BCUT2D eigenvalue weighted by molar-refractivity contribution is 5.97. The van der Waals surface area contributed by atoms with E-state index >= 15 is 0 Å². The molecule has 1 heterocycles. The molecular formula is C21H32ClN3O3. The molecule has 0 bridgehead atoms. The molecule has 156 valence electrons. The third-order valence-electron chi connectivity index (χ3n) is 6.15. The van der Waals surface area contributed by atoms with Gasteiger partial charge in [0.1, 0.15) is 0 Å². The predicted molar refractivity (Wildman–Crippen MR) is 113 cm³/mol. The summed E-state index contributed by atoms with van der Waals surface area (Å²) in [4.78, 5) is 27.3. The zero-order valence-corrected chi connectivity index (χ0v) is 17.4. The maximum atomic E-state index is 12.7. The van der Waals surface area contributed by atoms with Crippen molar-refractivity contribution in [3.05, 3.63) is 29.8 Å². The van der Waals surface area contributed by atoms with E-state index in [0.717, 1.165) is 12.8 Å². The molecular weight excluding hydrogens is 378 g/mol. The van der Waals surface area contributed by atoms with Crippen molar-refractivity contribution >= 4 is 29.9 Å². The van der Waals surface area contributed by atoms with Crippen molar-refractivity contribution in [3.8, 4) is 0 Å². The van der Waals surface area contributed by atoms with Gasteiger partial charge in [0.05, 0.1) is 5.41 Å². The maximum Gasteiger partial charge on any atom is 0.253 e. The fourth-order valence-corrected chi connectivity index (χ4v) is 4.08. The van der Waals surface area contributed by atoms with Gasteiger partial charge in [-0.2, -0.15) is 0 Å². The molecule has 1 aromatic rings. The van der Waals surface area contributed by atoms with Crippen LogP contribution >= 0.6 is 12.4 Å². The van der Waals surface area contributed by atoms with Gasteiger partial charge in [-0.05, 0) is 49.9 Å². The summed E-state index contributed by atoms with van der Waals surface area (Å²) in [6.07, 6.45) is 7.10. The van der Waals surface area contributed by atoms with Crippen molar-refractivity contribution in [1.29, 1.82) is 0 Å². The molecule has 0 unspecified atom stereocenters. The van der Waals surface area contributed by atoms with Gasteiger partial charge in [-0.25, -0.2) is 0 Å². The number of anilines is 1. The van der Waals surface area contributed by atoms with Crippen LogP contribution in [0.5, 0.6) is 0 Å². The molecule has 2 aliphatic rings. The smallest absolute Gasteiger partial charge is 0.253 e. The Morgan fingerprint density at radius 1 is 1.14 bits per heavy atom. The lowest BCUT2D eigenvalue weighted by molar-refractivity contribution is -0.130. The summed E-state index contributed by atoms with van der Waals surface area (Å²) in [5.41, 5.74) is 6.68. The van der Waals surface area contributed by atoms with Crippen LogP contribution in [0, 0.1) is 5.41 Å². The highest BCUT2D eigenvalue weighted by Gasteiger charge is 2.38. The summed E-state index contributed by atoms with van der Waals surface area (Å²) in [6.45, 7) is 1.43. The van der Waals surface area contributed by atoms with E-state index in [2.05, 4.69) is 5.32 Å². The highest BCUT2D eigenvalue weighted by atomic mass is 35.5. The van der Waals surface area contributed by atoms with Crippen LogP contribution in [-0.2, 0) is 9.53 Å². The highest BCUT2D eigenvalue weighted by Crippen LogP contribution is 2.31. The van der Waals surface area contributed by atoms with E-state index in [1.165, 1.54) is 19.3 Å². The molecule has 0 radical (unpaired) electrons. The number of amides is 2. The predicted octanol–water partition coefficient (Wildman–Crippen LogP) is 3.21. The molecule has 7 heteroatoms. The minimum atomic E-state index is -0.562. The Morgan fingerprint density at radius 3 is 2.32 bits per heavy atom. The van der Waals surface area contributed by atoms with Crippen LogP contribution in [0.2, 0.25) is 0 Å². The molecule has 0 atom stereocenters. The fourth-order valence-electron chi connectivity index (χ4n) is 4.08. The molecule has 1 saturated heterocycles. The lowest BCUT2D eigenvalue weighted by Gasteiger charge is -2.34.